The molecule has 2 aromatic rings. The molecule has 1 atom stereocenters. The molecule has 2 heterocycles. The van der Waals surface area contributed by atoms with E-state index in [2.05, 4.69) is 33.6 Å². The average Bonchev–Trinajstić information content (AvgIpc) is 2.73. The van der Waals surface area contributed by atoms with E-state index >= 15 is 0 Å². The van der Waals surface area contributed by atoms with Crippen LogP contribution in [0.1, 0.15) is 24.2 Å². The van der Waals surface area contributed by atoms with Crippen molar-refractivity contribution in [2.45, 2.75) is 19.5 Å². The van der Waals surface area contributed by atoms with Crippen LogP contribution in [0.5, 0.6) is 0 Å². The number of aryl methyl sites for hydroxylation is 1. The maximum Gasteiger partial charge on any atom is 0.0964 e. The van der Waals surface area contributed by atoms with Gasteiger partial charge in [-0.25, -0.2) is 0 Å². The number of pyridine rings is 1. The van der Waals surface area contributed by atoms with Gasteiger partial charge in [0.15, 0.2) is 0 Å². The second-order valence-electron chi connectivity index (χ2n) is 3.77. The predicted molar refractivity (Wildman–Crippen MR) is 60.5 cm³/mol. The first-order valence-corrected chi connectivity index (χ1v) is 5.24. The largest absolute Gasteiger partial charge is 0.304 e. The van der Waals surface area contributed by atoms with Gasteiger partial charge in [0.05, 0.1) is 5.69 Å². The molecule has 0 fully saturated rings. The Morgan fingerprint density at radius 2 is 2.38 bits per heavy atom. The molecule has 0 aliphatic carbocycles. The van der Waals surface area contributed by atoms with E-state index in [1.165, 1.54) is 5.56 Å². The quantitative estimate of drug-likeness (QED) is 0.832. The summed E-state index contributed by atoms with van der Waals surface area (Å²) in [5.41, 5.74) is 2.12. The van der Waals surface area contributed by atoms with Gasteiger partial charge in [-0.15, -0.1) is 5.10 Å². The van der Waals surface area contributed by atoms with Gasteiger partial charge >= 0.3 is 0 Å². The Morgan fingerprint density at radius 3 is 3.00 bits per heavy atom. The normalized spacial score (nSPS) is 12.6. The van der Waals surface area contributed by atoms with Gasteiger partial charge in [-0.3, -0.25) is 9.67 Å². The summed E-state index contributed by atoms with van der Waals surface area (Å²) in [7, 11) is 1.86. The summed E-state index contributed by atoms with van der Waals surface area (Å²) >= 11 is 0. The standard InChI is InChI=1S/C11H15N5/c1-9(10-4-3-5-12-6-10)13-7-11-8-16(2)15-14-11/h3-6,8-9,13H,7H2,1-2H3. The Kier molecular flexibility index (Phi) is 3.26. The molecule has 0 bridgehead atoms. The summed E-state index contributed by atoms with van der Waals surface area (Å²) < 4.78 is 1.70. The summed E-state index contributed by atoms with van der Waals surface area (Å²) in [6.45, 7) is 2.82. The average molecular weight is 217 g/mol. The maximum absolute atomic E-state index is 4.09. The molecule has 84 valence electrons. The van der Waals surface area contributed by atoms with Crippen molar-refractivity contribution in [3.8, 4) is 0 Å². The molecule has 2 aromatic heterocycles. The molecule has 0 radical (unpaired) electrons. The van der Waals surface area contributed by atoms with Crippen molar-refractivity contribution in [2.75, 3.05) is 0 Å². The molecular weight excluding hydrogens is 202 g/mol. The highest BCUT2D eigenvalue weighted by molar-refractivity contribution is 5.12. The van der Waals surface area contributed by atoms with E-state index in [1.807, 2.05) is 25.5 Å². The predicted octanol–water partition coefficient (Wildman–Crippen LogP) is 1.06. The summed E-state index contributed by atoms with van der Waals surface area (Å²) in [5.74, 6) is 0. The molecule has 0 aliphatic rings. The second kappa shape index (κ2) is 4.85. The van der Waals surface area contributed by atoms with Gasteiger partial charge in [-0.05, 0) is 18.6 Å². The summed E-state index contributed by atoms with van der Waals surface area (Å²) in [5, 5.41) is 11.3. The molecule has 2 rings (SSSR count). The van der Waals surface area contributed by atoms with Gasteiger partial charge in [-0.1, -0.05) is 11.3 Å². The fourth-order valence-electron chi connectivity index (χ4n) is 1.48. The molecule has 0 aromatic carbocycles. The topological polar surface area (TPSA) is 55.6 Å². The molecule has 1 N–H and O–H groups in total. The zero-order chi connectivity index (χ0) is 11.4. The first-order valence-electron chi connectivity index (χ1n) is 5.24. The first-order chi connectivity index (χ1) is 7.75. The van der Waals surface area contributed by atoms with Crippen molar-refractivity contribution >= 4 is 0 Å². The van der Waals surface area contributed by atoms with Gasteiger partial charge in [0, 0.05) is 38.2 Å². The van der Waals surface area contributed by atoms with Crippen molar-refractivity contribution in [1.29, 1.82) is 0 Å². The third-order valence-electron chi connectivity index (χ3n) is 2.42. The highest BCUT2D eigenvalue weighted by atomic mass is 15.4. The van der Waals surface area contributed by atoms with Crippen molar-refractivity contribution < 1.29 is 0 Å². The Labute approximate surface area is 94.5 Å². The SMILES string of the molecule is CC(NCc1cn(C)nn1)c1cccnc1. The third-order valence-corrected chi connectivity index (χ3v) is 2.42. The molecule has 0 amide bonds. The van der Waals surface area contributed by atoms with Gasteiger partial charge in [0.25, 0.3) is 0 Å². The summed E-state index contributed by atoms with van der Waals surface area (Å²) in [6, 6.07) is 4.26. The van der Waals surface area contributed by atoms with Crippen LogP contribution in [-0.2, 0) is 13.6 Å². The number of aromatic nitrogens is 4. The third kappa shape index (κ3) is 2.64. The maximum atomic E-state index is 4.09. The van der Waals surface area contributed by atoms with E-state index in [4.69, 9.17) is 0 Å². The van der Waals surface area contributed by atoms with Gasteiger partial charge in [0.1, 0.15) is 0 Å². The Morgan fingerprint density at radius 1 is 1.50 bits per heavy atom. The highest BCUT2D eigenvalue weighted by Gasteiger charge is 2.05. The Bertz CT molecular complexity index is 437. The highest BCUT2D eigenvalue weighted by Crippen LogP contribution is 2.10. The van der Waals surface area contributed by atoms with Crippen LogP contribution >= 0.6 is 0 Å². The van der Waals surface area contributed by atoms with E-state index in [0.717, 1.165) is 5.69 Å². The first kappa shape index (κ1) is 10.8. The zero-order valence-electron chi connectivity index (χ0n) is 9.46. The molecule has 0 aliphatic heterocycles. The Balaban J connectivity index is 1.91. The minimum atomic E-state index is 0.260. The van der Waals surface area contributed by atoms with Gasteiger partial charge in [-0.2, -0.15) is 0 Å². The molecule has 5 heteroatoms. The second-order valence-corrected chi connectivity index (χ2v) is 3.77. The van der Waals surface area contributed by atoms with Gasteiger partial charge in [0.2, 0.25) is 0 Å². The van der Waals surface area contributed by atoms with Crippen molar-refractivity contribution in [3.05, 3.63) is 42.0 Å². The molecular formula is C11H15N5. The zero-order valence-corrected chi connectivity index (χ0v) is 9.46. The molecule has 0 spiro atoms. The van der Waals surface area contributed by atoms with E-state index in [1.54, 1.807) is 10.9 Å². The van der Waals surface area contributed by atoms with Crippen LogP contribution in [-0.4, -0.2) is 20.0 Å². The fourth-order valence-corrected chi connectivity index (χ4v) is 1.48. The fraction of sp³-hybridized carbons (Fsp3) is 0.364. The summed E-state index contributed by atoms with van der Waals surface area (Å²) in [6.07, 6.45) is 5.55. The lowest BCUT2D eigenvalue weighted by Crippen LogP contribution is -2.18. The van der Waals surface area contributed by atoms with Crippen LogP contribution in [0.15, 0.2) is 30.7 Å². The van der Waals surface area contributed by atoms with Crippen molar-refractivity contribution in [2.24, 2.45) is 7.05 Å². The minimum Gasteiger partial charge on any atom is -0.304 e. The Hall–Kier alpha value is -1.75. The molecule has 5 nitrogen and oxygen atoms in total. The van der Waals surface area contributed by atoms with Crippen LogP contribution < -0.4 is 5.32 Å². The number of hydrogen-bond donors (Lipinski definition) is 1. The van der Waals surface area contributed by atoms with Crippen LogP contribution in [0.3, 0.4) is 0 Å². The van der Waals surface area contributed by atoms with E-state index in [-0.39, 0.29) is 6.04 Å². The number of nitrogens with zero attached hydrogens (tertiary/aromatic N) is 4. The van der Waals surface area contributed by atoms with Crippen molar-refractivity contribution in [3.63, 3.8) is 0 Å². The number of hydrogen-bond acceptors (Lipinski definition) is 4. The van der Waals surface area contributed by atoms with E-state index < -0.39 is 0 Å². The smallest absolute Gasteiger partial charge is 0.0964 e. The van der Waals surface area contributed by atoms with Crippen LogP contribution in [0.25, 0.3) is 0 Å². The van der Waals surface area contributed by atoms with Crippen LogP contribution in [0.4, 0.5) is 0 Å². The van der Waals surface area contributed by atoms with E-state index in [0.29, 0.717) is 6.54 Å². The minimum absolute atomic E-state index is 0.260. The summed E-state index contributed by atoms with van der Waals surface area (Å²) in [4.78, 5) is 4.09. The van der Waals surface area contributed by atoms with Gasteiger partial charge < -0.3 is 5.32 Å². The lowest BCUT2D eigenvalue weighted by Gasteiger charge is -2.12. The number of nitrogens with one attached hydrogen (secondary N) is 1. The van der Waals surface area contributed by atoms with Crippen LogP contribution in [0, 0.1) is 0 Å². The molecule has 1 unspecified atom stereocenters. The molecule has 0 saturated carbocycles. The monoisotopic (exact) mass is 217 g/mol. The van der Waals surface area contributed by atoms with Crippen molar-refractivity contribution in [1.82, 2.24) is 25.3 Å². The lowest BCUT2D eigenvalue weighted by molar-refractivity contribution is 0.565. The van der Waals surface area contributed by atoms with Crippen LogP contribution in [0.2, 0.25) is 0 Å². The number of rotatable bonds is 4. The molecule has 16 heavy (non-hydrogen) atoms. The van der Waals surface area contributed by atoms with E-state index in [9.17, 15) is 0 Å². The molecule has 0 saturated heterocycles. The lowest BCUT2D eigenvalue weighted by atomic mass is 10.1.